The van der Waals surface area contributed by atoms with Crippen molar-refractivity contribution in [1.82, 2.24) is 35.1 Å². The zero-order valence-corrected chi connectivity index (χ0v) is 14.4. The molecule has 7 nitrogen and oxygen atoms in total. The number of hydrogen-bond acceptors (Lipinski definition) is 5. The Morgan fingerprint density at radius 2 is 1.81 bits per heavy atom. The molecule has 0 radical (unpaired) electrons. The van der Waals surface area contributed by atoms with Gasteiger partial charge in [-0.05, 0) is 36.8 Å². The van der Waals surface area contributed by atoms with Gasteiger partial charge in [0.25, 0.3) is 0 Å². The molecule has 0 aliphatic carbocycles. The first-order valence-electron chi connectivity index (χ1n) is 8.45. The van der Waals surface area contributed by atoms with Crippen LogP contribution in [0.25, 0.3) is 11.4 Å². The van der Waals surface area contributed by atoms with Gasteiger partial charge < -0.3 is 5.32 Å². The molecule has 26 heavy (non-hydrogen) atoms. The monoisotopic (exact) mass is 345 g/mol. The summed E-state index contributed by atoms with van der Waals surface area (Å²) in [5, 5.41) is 15.7. The van der Waals surface area contributed by atoms with E-state index in [1.807, 2.05) is 53.3 Å². The van der Waals surface area contributed by atoms with E-state index >= 15 is 0 Å². The van der Waals surface area contributed by atoms with Gasteiger partial charge in [0.2, 0.25) is 0 Å². The molecule has 7 heteroatoms. The minimum Gasteiger partial charge on any atom is -0.303 e. The predicted molar refractivity (Wildman–Crippen MR) is 98.0 cm³/mol. The molecule has 1 N–H and O–H groups in total. The summed E-state index contributed by atoms with van der Waals surface area (Å²) >= 11 is 0. The van der Waals surface area contributed by atoms with Crippen LogP contribution in [0.15, 0.2) is 73.3 Å². The van der Waals surface area contributed by atoms with Gasteiger partial charge in [0.15, 0.2) is 0 Å². The molecule has 0 spiro atoms. The Kier molecular flexibility index (Phi) is 4.53. The summed E-state index contributed by atoms with van der Waals surface area (Å²) in [4.78, 5) is 4.38. The maximum atomic E-state index is 4.38. The standard InChI is InChI=1S/C19H19N7/c1-15(16-7-9-17(10-8-16)25-12-11-22-24-25)20-13-19-21-14-23-26(19)18-5-3-2-4-6-18/h2-12,14-15,20H,13H2,1H3/t15-/m1/s1. The van der Waals surface area contributed by atoms with Gasteiger partial charge in [0.05, 0.1) is 30.3 Å². The number of hydrogen-bond donors (Lipinski definition) is 1. The Morgan fingerprint density at radius 1 is 1.00 bits per heavy atom. The second kappa shape index (κ2) is 7.28. The van der Waals surface area contributed by atoms with Crippen LogP contribution in [-0.4, -0.2) is 29.8 Å². The molecule has 0 saturated carbocycles. The van der Waals surface area contributed by atoms with E-state index in [-0.39, 0.29) is 6.04 Å². The van der Waals surface area contributed by atoms with Gasteiger partial charge in [-0.2, -0.15) is 5.10 Å². The smallest absolute Gasteiger partial charge is 0.146 e. The SMILES string of the molecule is C[C@@H](NCc1ncnn1-c1ccccc1)c1ccc(-n2ccnn2)cc1. The van der Waals surface area contributed by atoms with E-state index in [0.717, 1.165) is 17.2 Å². The molecule has 0 amide bonds. The van der Waals surface area contributed by atoms with Crippen LogP contribution in [0.4, 0.5) is 0 Å². The quantitative estimate of drug-likeness (QED) is 0.582. The van der Waals surface area contributed by atoms with Crippen LogP contribution in [-0.2, 0) is 6.54 Å². The third kappa shape index (κ3) is 3.38. The molecule has 4 rings (SSSR count). The summed E-state index contributed by atoms with van der Waals surface area (Å²) in [6.07, 6.45) is 5.08. The van der Waals surface area contributed by atoms with Crippen LogP contribution in [0, 0.1) is 0 Å². The maximum absolute atomic E-state index is 4.38. The fourth-order valence-electron chi connectivity index (χ4n) is 2.79. The Hall–Kier alpha value is -3.32. The normalized spacial score (nSPS) is 12.2. The highest BCUT2D eigenvalue weighted by Gasteiger charge is 2.10. The van der Waals surface area contributed by atoms with Crippen molar-refractivity contribution < 1.29 is 0 Å². The van der Waals surface area contributed by atoms with Crippen LogP contribution < -0.4 is 5.32 Å². The topological polar surface area (TPSA) is 73.5 Å². The minimum atomic E-state index is 0.181. The highest BCUT2D eigenvalue weighted by Crippen LogP contribution is 2.16. The Morgan fingerprint density at radius 3 is 2.54 bits per heavy atom. The van der Waals surface area contributed by atoms with E-state index in [4.69, 9.17) is 0 Å². The fourth-order valence-corrected chi connectivity index (χ4v) is 2.79. The van der Waals surface area contributed by atoms with E-state index in [0.29, 0.717) is 6.54 Å². The van der Waals surface area contributed by atoms with Gasteiger partial charge in [-0.3, -0.25) is 0 Å². The molecule has 0 bridgehead atoms. The van der Waals surface area contributed by atoms with Crippen LogP contribution in [0.2, 0.25) is 0 Å². The Bertz CT molecular complexity index is 943. The first-order chi connectivity index (χ1) is 12.8. The van der Waals surface area contributed by atoms with Crippen LogP contribution in [0.5, 0.6) is 0 Å². The Balaban J connectivity index is 1.43. The van der Waals surface area contributed by atoms with E-state index in [9.17, 15) is 0 Å². The molecular formula is C19H19N7. The van der Waals surface area contributed by atoms with Crippen molar-refractivity contribution in [3.05, 3.63) is 84.7 Å². The summed E-state index contributed by atoms with van der Waals surface area (Å²) in [5.41, 5.74) is 3.19. The molecule has 4 aromatic rings. The van der Waals surface area contributed by atoms with Crippen molar-refractivity contribution in [2.45, 2.75) is 19.5 Å². The van der Waals surface area contributed by atoms with E-state index in [1.165, 1.54) is 5.56 Å². The minimum absolute atomic E-state index is 0.181. The van der Waals surface area contributed by atoms with Crippen molar-refractivity contribution in [1.29, 1.82) is 0 Å². The molecule has 2 aromatic carbocycles. The van der Waals surface area contributed by atoms with E-state index < -0.39 is 0 Å². The third-order valence-electron chi connectivity index (χ3n) is 4.27. The number of benzene rings is 2. The zero-order valence-electron chi connectivity index (χ0n) is 14.4. The van der Waals surface area contributed by atoms with E-state index in [1.54, 1.807) is 17.2 Å². The highest BCUT2D eigenvalue weighted by atomic mass is 15.4. The lowest BCUT2D eigenvalue weighted by molar-refractivity contribution is 0.550. The fraction of sp³-hybridized carbons (Fsp3) is 0.158. The summed E-state index contributed by atoms with van der Waals surface area (Å²) in [5.74, 6) is 0.877. The second-order valence-electron chi connectivity index (χ2n) is 5.97. The molecule has 0 fully saturated rings. The number of nitrogens with one attached hydrogen (secondary N) is 1. The molecule has 0 saturated heterocycles. The van der Waals surface area contributed by atoms with Crippen LogP contribution in [0.1, 0.15) is 24.4 Å². The largest absolute Gasteiger partial charge is 0.303 e. The predicted octanol–water partition coefficient (Wildman–Crippen LogP) is 2.70. The van der Waals surface area contributed by atoms with Crippen molar-refractivity contribution in [2.24, 2.45) is 0 Å². The molecular weight excluding hydrogens is 326 g/mol. The summed E-state index contributed by atoms with van der Waals surface area (Å²) in [6, 6.07) is 18.5. The third-order valence-corrected chi connectivity index (χ3v) is 4.27. The molecule has 2 heterocycles. The zero-order chi connectivity index (χ0) is 17.8. The van der Waals surface area contributed by atoms with Crippen LogP contribution >= 0.6 is 0 Å². The van der Waals surface area contributed by atoms with Gasteiger partial charge in [-0.1, -0.05) is 35.5 Å². The lowest BCUT2D eigenvalue weighted by Gasteiger charge is -2.15. The average Bonchev–Trinajstić information content (AvgIpc) is 3.39. The number of rotatable bonds is 6. The molecule has 1 atom stereocenters. The molecule has 0 unspecified atom stereocenters. The number of para-hydroxylation sites is 1. The molecule has 0 aliphatic rings. The first kappa shape index (κ1) is 16.2. The maximum Gasteiger partial charge on any atom is 0.146 e. The Labute approximate surface area is 151 Å². The van der Waals surface area contributed by atoms with Gasteiger partial charge in [-0.25, -0.2) is 14.3 Å². The van der Waals surface area contributed by atoms with Crippen LogP contribution in [0.3, 0.4) is 0 Å². The highest BCUT2D eigenvalue weighted by molar-refractivity contribution is 5.34. The van der Waals surface area contributed by atoms with Crippen molar-refractivity contribution >= 4 is 0 Å². The number of aromatic nitrogens is 6. The molecule has 2 aromatic heterocycles. The lowest BCUT2D eigenvalue weighted by atomic mass is 10.1. The lowest BCUT2D eigenvalue weighted by Crippen LogP contribution is -2.20. The van der Waals surface area contributed by atoms with Gasteiger partial charge in [0.1, 0.15) is 12.2 Å². The van der Waals surface area contributed by atoms with Crippen molar-refractivity contribution in [3.63, 3.8) is 0 Å². The first-order valence-corrected chi connectivity index (χ1v) is 8.45. The van der Waals surface area contributed by atoms with Gasteiger partial charge in [-0.15, -0.1) is 5.10 Å². The average molecular weight is 345 g/mol. The summed E-state index contributed by atoms with van der Waals surface area (Å²) < 4.78 is 3.59. The van der Waals surface area contributed by atoms with Gasteiger partial charge in [0, 0.05) is 6.04 Å². The molecule has 0 aliphatic heterocycles. The van der Waals surface area contributed by atoms with Crippen molar-refractivity contribution in [3.8, 4) is 11.4 Å². The van der Waals surface area contributed by atoms with Gasteiger partial charge >= 0.3 is 0 Å². The number of nitrogens with zero attached hydrogens (tertiary/aromatic N) is 6. The summed E-state index contributed by atoms with van der Waals surface area (Å²) in [6.45, 7) is 2.76. The molecule has 130 valence electrons. The van der Waals surface area contributed by atoms with Crippen molar-refractivity contribution in [2.75, 3.05) is 0 Å². The second-order valence-corrected chi connectivity index (χ2v) is 5.97. The summed E-state index contributed by atoms with van der Waals surface area (Å²) in [7, 11) is 0. The van der Waals surface area contributed by atoms with E-state index in [2.05, 4.69) is 44.8 Å².